The topological polar surface area (TPSA) is 73.9 Å². The maximum atomic E-state index is 12.3. The number of carbonyl (C=O) groups is 2. The van der Waals surface area contributed by atoms with Gasteiger partial charge in [-0.1, -0.05) is 11.6 Å². The zero-order valence-corrected chi connectivity index (χ0v) is 12.8. The van der Waals surface area contributed by atoms with Crippen LogP contribution >= 0.6 is 11.6 Å². The van der Waals surface area contributed by atoms with Crippen molar-refractivity contribution in [2.45, 2.75) is 0 Å². The largest absolute Gasteiger partial charge is 0.465 e. The molecule has 3 rings (SSSR count). The van der Waals surface area contributed by atoms with E-state index in [4.69, 9.17) is 21.1 Å². The molecule has 0 aliphatic carbocycles. The molecule has 1 heterocycles. The van der Waals surface area contributed by atoms with E-state index in [-0.39, 0.29) is 23.3 Å². The van der Waals surface area contributed by atoms with Crippen LogP contribution in [0.2, 0.25) is 5.02 Å². The Kier molecular flexibility index (Phi) is 4.08. The standard InChI is InChI=1S/C16H12ClNO5/c1-21-16(20)11-7-10(3-4-12(11)17)18-15(19)9-2-5-13-14(6-9)23-8-22-13/h2-7H,8H2,1H3,(H,18,19). The van der Waals surface area contributed by atoms with E-state index in [9.17, 15) is 9.59 Å². The van der Waals surface area contributed by atoms with Crippen molar-refractivity contribution in [3.05, 3.63) is 52.5 Å². The number of carbonyl (C=O) groups excluding carboxylic acids is 2. The van der Waals surface area contributed by atoms with Gasteiger partial charge in [0, 0.05) is 11.3 Å². The molecule has 0 unspecified atom stereocenters. The van der Waals surface area contributed by atoms with E-state index in [1.54, 1.807) is 24.3 Å². The summed E-state index contributed by atoms with van der Waals surface area (Å²) >= 11 is 5.94. The van der Waals surface area contributed by atoms with Crippen molar-refractivity contribution in [2.24, 2.45) is 0 Å². The van der Waals surface area contributed by atoms with Gasteiger partial charge in [0.15, 0.2) is 11.5 Å². The Hall–Kier alpha value is -2.73. The van der Waals surface area contributed by atoms with Crippen LogP contribution in [0, 0.1) is 0 Å². The van der Waals surface area contributed by atoms with Gasteiger partial charge in [0.25, 0.3) is 5.91 Å². The average molecular weight is 334 g/mol. The molecule has 0 radical (unpaired) electrons. The number of nitrogens with one attached hydrogen (secondary N) is 1. The van der Waals surface area contributed by atoms with Gasteiger partial charge in [-0.15, -0.1) is 0 Å². The minimum atomic E-state index is -0.575. The normalized spacial score (nSPS) is 11.9. The van der Waals surface area contributed by atoms with E-state index in [0.29, 0.717) is 22.7 Å². The first-order valence-electron chi connectivity index (χ1n) is 6.67. The molecule has 6 nitrogen and oxygen atoms in total. The van der Waals surface area contributed by atoms with Crippen LogP contribution in [0.25, 0.3) is 0 Å². The first-order chi connectivity index (χ1) is 11.1. The predicted octanol–water partition coefficient (Wildman–Crippen LogP) is 3.11. The summed E-state index contributed by atoms with van der Waals surface area (Å²) in [5.41, 5.74) is 1.01. The Labute approximate surface area is 136 Å². The van der Waals surface area contributed by atoms with Crippen molar-refractivity contribution < 1.29 is 23.8 Å². The van der Waals surface area contributed by atoms with Crippen molar-refractivity contribution in [1.82, 2.24) is 0 Å². The molecule has 1 aliphatic heterocycles. The van der Waals surface area contributed by atoms with Gasteiger partial charge in [-0.3, -0.25) is 4.79 Å². The Morgan fingerprint density at radius 2 is 1.91 bits per heavy atom. The lowest BCUT2D eigenvalue weighted by Gasteiger charge is -2.08. The third-order valence-electron chi connectivity index (χ3n) is 3.26. The fraction of sp³-hybridized carbons (Fsp3) is 0.125. The monoisotopic (exact) mass is 333 g/mol. The average Bonchev–Trinajstić information content (AvgIpc) is 3.03. The Balaban J connectivity index is 1.81. The van der Waals surface area contributed by atoms with Crippen LogP contribution in [0.15, 0.2) is 36.4 Å². The van der Waals surface area contributed by atoms with Gasteiger partial charge in [-0.05, 0) is 36.4 Å². The first kappa shape index (κ1) is 15.2. The van der Waals surface area contributed by atoms with Gasteiger partial charge in [-0.2, -0.15) is 0 Å². The second-order valence-corrected chi connectivity index (χ2v) is 5.12. The SMILES string of the molecule is COC(=O)c1cc(NC(=O)c2ccc3c(c2)OCO3)ccc1Cl. The van der Waals surface area contributed by atoms with Crippen LogP contribution in [-0.2, 0) is 4.74 Å². The summed E-state index contributed by atoms with van der Waals surface area (Å²) in [4.78, 5) is 23.9. The summed E-state index contributed by atoms with van der Waals surface area (Å²) in [5.74, 6) is 0.195. The van der Waals surface area contributed by atoms with Gasteiger partial charge in [0.2, 0.25) is 6.79 Å². The fourth-order valence-electron chi connectivity index (χ4n) is 2.11. The Morgan fingerprint density at radius 3 is 2.70 bits per heavy atom. The molecule has 0 bridgehead atoms. The minimum Gasteiger partial charge on any atom is -0.465 e. The highest BCUT2D eigenvalue weighted by atomic mass is 35.5. The molecule has 2 aromatic rings. The number of hydrogen-bond donors (Lipinski definition) is 1. The maximum absolute atomic E-state index is 12.3. The molecule has 7 heteroatoms. The van der Waals surface area contributed by atoms with E-state index in [1.807, 2.05) is 0 Å². The quantitative estimate of drug-likeness (QED) is 0.874. The van der Waals surface area contributed by atoms with Gasteiger partial charge < -0.3 is 19.5 Å². The lowest BCUT2D eigenvalue weighted by atomic mass is 10.1. The Bertz CT molecular complexity index is 790. The smallest absolute Gasteiger partial charge is 0.339 e. The highest BCUT2D eigenvalue weighted by Gasteiger charge is 2.17. The molecule has 118 valence electrons. The first-order valence-corrected chi connectivity index (χ1v) is 7.05. The number of methoxy groups -OCH3 is 1. The van der Waals surface area contributed by atoms with Crippen LogP contribution in [-0.4, -0.2) is 25.8 Å². The summed E-state index contributed by atoms with van der Waals surface area (Å²) in [6, 6.07) is 9.45. The molecule has 0 atom stereocenters. The number of amides is 1. The highest BCUT2D eigenvalue weighted by molar-refractivity contribution is 6.33. The molecule has 1 aliphatic rings. The van der Waals surface area contributed by atoms with Gasteiger partial charge in [-0.25, -0.2) is 4.79 Å². The third-order valence-corrected chi connectivity index (χ3v) is 3.59. The van der Waals surface area contributed by atoms with Gasteiger partial charge in [0.05, 0.1) is 17.7 Å². The molecule has 0 fully saturated rings. The summed E-state index contributed by atoms with van der Waals surface area (Å²) in [5, 5.41) is 2.94. The molecular weight excluding hydrogens is 322 g/mol. The summed E-state index contributed by atoms with van der Waals surface area (Å²) in [7, 11) is 1.26. The van der Waals surface area contributed by atoms with E-state index >= 15 is 0 Å². The molecular formula is C16H12ClNO5. The van der Waals surface area contributed by atoms with Crippen molar-refractivity contribution in [3.8, 4) is 11.5 Å². The zero-order valence-electron chi connectivity index (χ0n) is 12.1. The van der Waals surface area contributed by atoms with Crippen molar-refractivity contribution in [1.29, 1.82) is 0 Å². The molecule has 0 spiro atoms. The Morgan fingerprint density at radius 1 is 1.13 bits per heavy atom. The summed E-state index contributed by atoms with van der Waals surface area (Å²) in [6.07, 6.45) is 0. The number of anilines is 1. The van der Waals surface area contributed by atoms with Crippen molar-refractivity contribution in [3.63, 3.8) is 0 Å². The van der Waals surface area contributed by atoms with Crippen molar-refractivity contribution in [2.75, 3.05) is 19.2 Å². The van der Waals surface area contributed by atoms with Crippen LogP contribution in [0.5, 0.6) is 11.5 Å². The van der Waals surface area contributed by atoms with E-state index in [0.717, 1.165) is 0 Å². The van der Waals surface area contributed by atoms with Crippen LogP contribution in [0.4, 0.5) is 5.69 Å². The van der Waals surface area contributed by atoms with E-state index < -0.39 is 5.97 Å². The van der Waals surface area contributed by atoms with Crippen molar-refractivity contribution >= 4 is 29.2 Å². The molecule has 2 aromatic carbocycles. The predicted molar refractivity (Wildman–Crippen MR) is 83.3 cm³/mol. The van der Waals surface area contributed by atoms with E-state index in [1.165, 1.54) is 19.2 Å². The van der Waals surface area contributed by atoms with E-state index in [2.05, 4.69) is 10.1 Å². The second-order valence-electron chi connectivity index (χ2n) is 4.71. The molecule has 23 heavy (non-hydrogen) atoms. The van der Waals surface area contributed by atoms with Crippen LogP contribution in [0.1, 0.15) is 20.7 Å². The number of esters is 1. The minimum absolute atomic E-state index is 0.139. The van der Waals surface area contributed by atoms with Gasteiger partial charge in [0.1, 0.15) is 0 Å². The summed E-state index contributed by atoms with van der Waals surface area (Å²) < 4.78 is 15.1. The number of rotatable bonds is 3. The highest BCUT2D eigenvalue weighted by Crippen LogP contribution is 2.32. The molecule has 1 amide bonds. The second kappa shape index (κ2) is 6.18. The lowest BCUT2D eigenvalue weighted by Crippen LogP contribution is -2.12. The molecule has 0 saturated heterocycles. The fourth-order valence-corrected chi connectivity index (χ4v) is 2.31. The number of hydrogen-bond acceptors (Lipinski definition) is 5. The van der Waals surface area contributed by atoms with Crippen LogP contribution < -0.4 is 14.8 Å². The lowest BCUT2D eigenvalue weighted by molar-refractivity contribution is 0.0600. The number of fused-ring (bicyclic) bond motifs is 1. The number of benzene rings is 2. The van der Waals surface area contributed by atoms with Gasteiger partial charge >= 0.3 is 5.97 Å². The molecule has 0 aromatic heterocycles. The molecule has 0 saturated carbocycles. The number of ether oxygens (including phenoxy) is 3. The zero-order chi connectivity index (χ0) is 16.4. The number of halogens is 1. The molecule has 1 N–H and O–H groups in total. The summed E-state index contributed by atoms with van der Waals surface area (Å²) in [6.45, 7) is 0.139. The maximum Gasteiger partial charge on any atom is 0.339 e. The van der Waals surface area contributed by atoms with Crippen LogP contribution in [0.3, 0.4) is 0 Å². The third kappa shape index (κ3) is 3.07.